The first kappa shape index (κ1) is 12.5. The average molecular weight is 271 g/mol. The maximum Gasteiger partial charge on any atom is 0.338 e. The second-order valence-electron chi connectivity index (χ2n) is 4.74. The summed E-state index contributed by atoms with van der Waals surface area (Å²) in [6.07, 6.45) is 1.99. The van der Waals surface area contributed by atoms with Gasteiger partial charge < -0.3 is 14.4 Å². The van der Waals surface area contributed by atoms with Crippen molar-refractivity contribution in [2.24, 2.45) is 0 Å². The Bertz CT molecular complexity index is 674. The van der Waals surface area contributed by atoms with Gasteiger partial charge in [-0.15, -0.1) is 0 Å². The topological polar surface area (TPSA) is 70.8 Å². The van der Waals surface area contributed by atoms with E-state index in [2.05, 4.69) is 0 Å². The van der Waals surface area contributed by atoms with E-state index in [4.69, 9.17) is 9.52 Å². The van der Waals surface area contributed by atoms with Crippen molar-refractivity contribution in [2.75, 3.05) is 6.54 Å². The molecular formula is C15H13NO4. The van der Waals surface area contributed by atoms with E-state index >= 15 is 0 Å². The molecule has 1 aliphatic rings. The largest absolute Gasteiger partial charge is 0.478 e. The molecule has 0 unspecified atom stereocenters. The van der Waals surface area contributed by atoms with Crippen molar-refractivity contribution in [3.63, 3.8) is 0 Å². The second-order valence-corrected chi connectivity index (χ2v) is 4.74. The van der Waals surface area contributed by atoms with E-state index < -0.39 is 5.97 Å². The molecule has 0 bridgehead atoms. The molecule has 102 valence electrons. The Balaban J connectivity index is 1.79. The Labute approximate surface area is 115 Å². The van der Waals surface area contributed by atoms with Crippen LogP contribution in [0.1, 0.15) is 32.0 Å². The van der Waals surface area contributed by atoms with E-state index in [0.29, 0.717) is 24.4 Å². The third-order valence-corrected chi connectivity index (χ3v) is 3.43. The standard InChI is InChI=1S/C15H13NO4/c17-14-13-4-2-1-3-10(13)5-6-16(14)8-12-7-11(9-20-12)15(18)19/h1-4,7,9H,5-6,8H2,(H,18,19). The van der Waals surface area contributed by atoms with Crippen molar-refractivity contribution in [2.45, 2.75) is 13.0 Å². The second kappa shape index (κ2) is 4.85. The highest BCUT2D eigenvalue weighted by molar-refractivity contribution is 5.96. The Morgan fingerprint density at radius 2 is 2.15 bits per heavy atom. The van der Waals surface area contributed by atoms with Crippen LogP contribution in [0, 0.1) is 0 Å². The Morgan fingerprint density at radius 3 is 2.90 bits per heavy atom. The highest BCUT2D eigenvalue weighted by Crippen LogP contribution is 2.21. The molecule has 1 aromatic carbocycles. The Kier molecular flexibility index (Phi) is 3.02. The summed E-state index contributed by atoms with van der Waals surface area (Å²) in [6.45, 7) is 0.902. The van der Waals surface area contributed by atoms with E-state index in [1.807, 2.05) is 24.3 Å². The van der Waals surface area contributed by atoms with Gasteiger partial charge in [0, 0.05) is 12.1 Å². The summed E-state index contributed by atoms with van der Waals surface area (Å²) in [5, 5.41) is 8.85. The minimum absolute atomic E-state index is 0.0416. The molecule has 5 heteroatoms. The maximum atomic E-state index is 12.3. The summed E-state index contributed by atoms with van der Waals surface area (Å²) < 4.78 is 5.19. The van der Waals surface area contributed by atoms with Crippen LogP contribution in [0.2, 0.25) is 0 Å². The summed E-state index contributed by atoms with van der Waals surface area (Å²) >= 11 is 0. The first-order valence-electron chi connectivity index (χ1n) is 6.33. The molecule has 2 aromatic rings. The van der Waals surface area contributed by atoms with Crippen LogP contribution < -0.4 is 0 Å². The van der Waals surface area contributed by atoms with Crippen LogP contribution >= 0.6 is 0 Å². The predicted octanol–water partition coefficient (Wildman–Crippen LogP) is 2.18. The minimum Gasteiger partial charge on any atom is -0.478 e. The molecule has 1 amide bonds. The van der Waals surface area contributed by atoms with Gasteiger partial charge in [0.05, 0.1) is 12.1 Å². The third-order valence-electron chi connectivity index (χ3n) is 3.43. The van der Waals surface area contributed by atoms with Gasteiger partial charge in [0.25, 0.3) is 5.91 Å². The first-order valence-corrected chi connectivity index (χ1v) is 6.33. The molecule has 0 aliphatic carbocycles. The van der Waals surface area contributed by atoms with Crippen LogP contribution in [-0.2, 0) is 13.0 Å². The number of carboxylic acids is 1. The lowest BCUT2D eigenvalue weighted by molar-refractivity contribution is 0.0692. The smallest absolute Gasteiger partial charge is 0.338 e. The van der Waals surface area contributed by atoms with Gasteiger partial charge in [0.2, 0.25) is 0 Å². The molecule has 1 N–H and O–H groups in total. The summed E-state index contributed by atoms with van der Waals surface area (Å²) in [4.78, 5) is 24.8. The summed E-state index contributed by atoms with van der Waals surface area (Å²) in [5.41, 5.74) is 1.87. The lowest BCUT2D eigenvalue weighted by Crippen LogP contribution is -2.36. The van der Waals surface area contributed by atoms with E-state index in [0.717, 1.165) is 12.0 Å². The minimum atomic E-state index is -1.03. The number of furan rings is 1. The zero-order valence-electron chi connectivity index (χ0n) is 10.7. The van der Waals surface area contributed by atoms with Gasteiger partial charge in [0.15, 0.2) is 0 Å². The van der Waals surface area contributed by atoms with Crippen LogP contribution in [-0.4, -0.2) is 28.4 Å². The fourth-order valence-corrected chi connectivity index (χ4v) is 2.39. The predicted molar refractivity (Wildman–Crippen MR) is 70.6 cm³/mol. The molecule has 5 nitrogen and oxygen atoms in total. The van der Waals surface area contributed by atoms with Crippen LogP contribution in [0.25, 0.3) is 0 Å². The Morgan fingerprint density at radius 1 is 1.35 bits per heavy atom. The fraction of sp³-hybridized carbons (Fsp3) is 0.200. The number of carboxylic acid groups (broad SMARTS) is 1. The number of aromatic carboxylic acids is 1. The number of hydrogen-bond acceptors (Lipinski definition) is 3. The normalized spacial score (nSPS) is 14.2. The van der Waals surface area contributed by atoms with Crippen molar-refractivity contribution in [3.05, 3.63) is 59.0 Å². The number of carbonyl (C=O) groups is 2. The van der Waals surface area contributed by atoms with Gasteiger partial charge in [-0.2, -0.15) is 0 Å². The van der Waals surface area contributed by atoms with Crippen LogP contribution in [0.5, 0.6) is 0 Å². The maximum absolute atomic E-state index is 12.3. The summed E-state index contributed by atoms with van der Waals surface area (Å²) in [5.74, 6) is -0.592. The van der Waals surface area contributed by atoms with Gasteiger partial charge >= 0.3 is 5.97 Å². The molecular weight excluding hydrogens is 258 g/mol. The molecule has 0 saturated heterocycles. The number of carbonyl (C=O) groups excluding carboxylic acids is 1. The lowest BCUT2D eigenvalue weighted by atomic mass is 9.99. The monoisotopic (exact) mass is 271 g/mol. The number of hydrogen-bond donors (Lipinski definition) is 1. The number of fused-ring (bicyclic) bond motifs is 1. The molecule has 3 rings (SSSR count). The SMILES string of the molecule is O=C(O)c1coc(CN2CCc3ccccc3C2=O)c1. The van der Waals surface area contributed by atoms with Crippen molar-refractivity contribution in [3.8, 4) is 0 Å². The Hall–Kier alpha value is -2.56. The summed E-state index contributed by atoms with van der Waals surface area (Å²) in [6, 6.07) is 8.99. The van der Waals surface area contributed by atoms with Crippen LogP contribution in [0.3, 0.4) is 0 Å². The van der Waals surface area contributed by atoms with Gasteiger partial charge in [-0.25, -0.2) is 4.79 Å². The number of benzene rings is 1. The van der Waals surface area contributed by atoms with Gasteiger partial charge in [-0.05, 0) is 24.1 Å². The third kappa shape index (κ3) is 2.18. The van der Waals surface area contributed by atoms with Gasteiger partial charge in [0.1, 0.15) is 12.0 Å². The van der Waals surface area contributed by atoms with E-state index in [-0.39, 0.29) is 11.5 Å². The zero-order chi connectivity index (χ0) is 14.1. The van der Waals surface area contributed by atoms with Crippen molar-refractivity contribution < 1.29 is 19.1 Å². The molecule has 20 heavy (non-hydrogen) atoms. The molecule has 0 spiro atoms. The van der Waals surface area contributed by atoms with Crippen LogP contribution in [0.15, 0.2) is 41.0 Å². The quantitative estimate of drug-likeness (QED) is 0.928. The number of amides is 1. The number of nitrogens with zero attached hydrogens (tertiary/aromatic N) is 1. The van der Waals surface area contributed by atoms with Gasteiger partial charge in [-0.3, -0.25) is 4.79 Å². The molecule has 2 heterocycles. The average Bonchev–Trinajstić information content (AvgIpc) is 2.91. The molecule has 1 aromatic heterocycles. The first-order chi connectivity index (χ1) is 9.65. The van der Waals surface area contributed by atoms with Crippen LogP contribution in [0.4, 0.5) is 0 Å². The fourth-order valence-electron chi connectivity index (χ4n) is 2.39. The van der Waals surface area contributed by atoms with Crippen molar-refractivity contribution in [1.29, 1.82) is 0 Å². The van der Waals surface area contributed by atoms with Crippen molar-refractivity contribution >= 4 is 11.9 Å². The lowest BCUT2D eigenvalue weighted by Gasteiger charge is -2.27. The highest BCUT2D eigenvalue weighted by Gasteiger charge is 2.24. The highest BCUT2D eigenvalue weighted by atomic mass is 16.4. The van der Waals surface area contributed by atoms with Crippen molar-refractivity contribution in [1.82, 2.24) is 4.90 Å². The van der Waals surface area contributed by atoms with E-state index in [1.165, 1.54) is 12.3 Å². The zero-order valence-corrected chi connectivity index (χ0v) is 10.7. The molecule has 0 radical (unpaired) electrons. The molecule has 1 aliphatic heterocycles. The van der Waals surface area contributed by atoms with E-state index in [9.17, 15) is 9.59 Å². The number of rotatable bonds is 3. The molecule has 0 atom stereocenters. The molecule has 0 fully saturated rings. The van der Waals surface area contributed by atoms with E-state index in [1.54, 1.807) is 4.90 Å². The van der Waals surface area contributed by atoms with Gasteiger partial charge in [-0.1, -0.05) is 18.2 Å². The summed E-state index contributed by atoms with van der Waals surface area (Å²) in [7, 11) is 0. The molecule has 0 saturated carbocycles.